The maximum absolute atomic E-state index is 12.9. The second-order valence-corrected chi connectivity index (χ2v) is 6.70. The van der Waals surface area contributed by atoms with E-state index in [1.165, 1.54) is 0 Å². The third-order valence-corrected chi connectivity index (χ3v) is 4.48. The van der Waals surface area contributed by atoms with Gasteiger partial charge in [0.05, 0.1) is 0 Å². The first kappa shape index (κ1) is 20.9. The lowest BCUT2D eigenvalue weighted by atomic mass is 10.1. The molecule has 2 amide bonds. The maximum atomic E-state index is 12.9. The summed E-state index contributed by atoms with van der Waals surface area (Å²) in [6.07, 6.45) is 2.70. The van der Waals surface area contributed by atoms with E-state index in [0.29, 0.717) is 25.2 Å². The van der Waals surface area contributed by atoms with Crippen LogP contribution >= 0.6 is 12.4 Å². The molecule has 6 heteroatoms. The smallest absolute Gasteiger partial charge is 0.254 e. The molecule has 0 atom stereocenters. The van der Waals surface area contributed by atoms with Crippen LogP contribution < -0.4 is 11.1 Å². The van der Waals surface area contributed by atoms with E-state index in [-0.39, 0.29) is 30.1 Å². The Kier molecular flexibility index (Phi) is 7.82. The summed E-state index contributed by atoms with van der Waals surface area (Å²) < 4.78 is 0. The molecule has 144 valence electrons. The van der Waals surface area contributed by atoms with Crippen LogP contribution in [-0.2, 0) is 11.3 Å². The van der Waals surface area contributed by atoms with E-state index in [1.807, 2.05) is 35.2 Å². The summed E-state index contributed by atoms with van der Waals surface area (Å²) in [5, 5.41) is 2.89. The average molecular weight is 388 g/mol. The number of nitrogens with two attached hydrogens (primary N) is 1. The van der Waals surface area contributed by atoms with Gasteiger partial charge >= 0.3 is 0 Å². The van der Waals surface area contributed by atoms with Crippen LogP contribution in [0.4, 0.5) is 5.69 Å². The van der Waals surface area contributed by atoms with E-state index in [1.54, 1.807) is 24.3 Å². The number of carbonyl (C=O) groups is 2. The fourth-order valence-electron chi connectivity index (χ4n) is 2.81. The molecule has 27 heavy (non-hydrogen) atoms. The Balaban J connectivity index is 0.00000261. The summed E-state index contributed by atoms with van der Waals surface area (Å²) in [6, 6.07) is 17.0. The molecular formula is C21H26ClN3O2. The average Bonchev–Trinajstić information content (AvgIpc) is 3.51. The largest absolute Gasteiger partial charge is 0.334 e. The fraction of sp³-hybridized carbons (Fsp3) is 0.333. The van der Waals surface area contributed by atoms with Crippen LogP contribution in [0, 0.1) is 5.92 Å². The van der Waals surface area contributed by atoms with E-state index >= 15 is 0 Å². The molecule has 1 fully saturated rings. The van der Waals surface area contributed by atoms with Crippen LogP contribution in [0.25, 0.3) is 0 Å². The Morgan fingerprint density at radius 2 is 1.70 bits per heavy atom. The zero-order chi connectivity index (χ0) is 18.4. The Hall–Kier alpha value is -2.37. The summed E-state index contributed by atoms with van der Waals surface area (Å²) in [5.41, 5.74) is 8.06. The molecule has 0 aliphatic heterocycles. The highest BCUT2D eigenvalue weighted by molar-refractivity contribution is 5.96. The summed E-state index contributed by atoms with van der Waals surface area (Å²) in [6.45, 7) is 1.72. The van der Waals surface area contributed by atoms with Crippen LogP contribution in [0.2, 0.25) is 0 Å². The van der Waals surface area contributed by atoms with Gasteiger partial charge < -0.3 is 16.0 Å². The van der Waals surface area contributed by atoms with Crippen molar-refractivity contribution in [1.82, 2.24) is 4.90 Å². The minimum Gasteiger partial charge on any atom is -0.334 e. The standard InChI is InChI=1S/C21H25N3O2.ClH/c22-13-4-14-24(15-16-5-2-1-3-6-16)21(26)18-9-11-19(12-10-18)23-20(25)17-7-8-17;/h1-3,5-6,9-12,17H,4,7-8,13-15,22H2,(H,23,25);1H. The van der Waals surface area contributed by atoms with Gasteiger partial charge in [0.1, 0.15) is 0 Å². The van der Waals surface area contributed by atoms with Gasteiger partial charge in [-0.25, -0.2) is 0 Å². The molecule has 2 aromatic carbocycles. The monoisotopic (exact) mass is 387 g/mol. The summed E-state index contributed by atoms with van der Waals surface area (Å²) in [7, 11) is 0. The summed E-state index contributed by atoms with van der Waals surface area (Å²) in [4.78, 5) is 26.5. The van der Waals surface area contributed by atoms with Crippen LogP contribution in [-0.4, -0.2) is 29.8 Å². The number of nitrogens with one attached hydrogen (secondary N) is 1. The Morgan fingerprint density at radius 3 is 2.30 bits per heavy atom. The molecule has 3 N–H and O–H groups in total. The Morgan fingerprint density at radius 1 is 1.04 bits per heavy atom. The van der Waals surface area contributed by atoms with Gasteiger partial charge in [0.25, 0.3) is 5.91 Å². The lowest BCUT2D eigenvalue weighted by Crippen LogP contribution is -2.32. The summed E-state index contributed by atoms with van der Waals surface area (Å²) in [5.74, 6) is 0.203. The summed E-state index contributed by atoms with van der Waals surface area (Å²) >= 11 is 0. The number of hydrogen-bond donors (Lipinski definition) is 2. The van der Waals surface area contributed by atoms with Crippen molar-refractivity contribution in [2.45, 2.75) is 25.8 Å². The molecule has 2 aromatic rings. The molecule has 0 unspecified atom stereocenters. The van der Waals surface area contributed by atoms with Crippen LogP contribution in [0.3, 0.4) is 0 Å². The highest BCUT2D eigenvalue weighted by atomic mass is 35.5. The molecule has 3 rings (SSSR count). The van der Waals surface area contributed by atoms with Crippen molar-refractivity contribution in [3.8, 4) is 0 Å². The lowest BCUT2D eigenvalue weighted by Gasteiger charge is -2.23. The van der Waals surface area contributed by atoms with Crippen molar-refractivity contribution in [3.05, 3.63) is 65.7 Å². The number of carbonyl (C=O) groups excluding carboxylic acids is 2. The van der Waals surface area contributed by atoms with Gasteiger partial charge in [0, 0.05) is 30.3 Å². The zero-order valence-electron chi connectivity index (χ0n) is 15.3. The van der Waals surface area contributed by atoms with E-state index < -0.39 is 0 Å². The first-order valence-electron chi connectivity index (χ1n) is 9.11. The number of amides is 2. The van der Waals surface area contributed by atoms with E-state index in [2.05, 4.69) is 5.32 Å². The van der Waals surface area contributed by atoms with Crippen molar-refractivity contribution < 1.29 is 9.59 Å². The fourth-order valence-corrected chi connectivity index (χ4v) is 2.81. The maximum Gasteiger partial charge on any atom is 0.254 e. The number of rotatable bonds is 8. The van der Waals surface area contributed by atoms with E-state index in [0.717, 1.165) is 30.5 Å². The van der Waals surface area contributed by atoms with Gasteiger partial charge in [0.15, 0.2) is 0 Å². The first-order valence-corrected chi connectivity index (χ1v) is 9.11. The molecule has 1 aliphatic carbocycles. The van der Waals surface area contributed by atoms with Gasteiger partial charge in [-0.05, 0) is 55.6 Å². The molecule has 0 saturated heterocycles. The van der Waals surface area contributed by atoms with Gasteiger partial charge in [-0.15, -0.1) is 12.4 Å². The number of anilines is 1. The third-order valence-electron chi connectivity index (χ3n) is 4.48. The second kappa shape index (κ2) is 10.1. The highest BCUT2D eigenvalue weighted by Crippen LogP contribution is 2.30. The lowest BCUT2D eigenvalue weighted by molar-refractivity contribution is -0.117. The van der Waals surface area contributed by atoms with Crippen molar-refractivity contribution in [2.75, 3.05) is 18.4 Å². The molecule has 0 bridgehead atoms. The molecular weight excluding hydrogens is 362 g/mol. The van der Waals surface area contributed by atoms with Crippen molar-refractivity contribution >= 4 is 29.9 Å². The zero-order valence-corrected chi connectivity index (χ0v) is 16.1. The molecule has 0 radical (unpaired) electrons. The molecule has 5 nitrogen and oxygen atoms in total. The van der Waals surface area contributed by atoms with Gasteiger partial charge in [-0.1, -0.05) is 30.3 Å². The SMILES string of the molecule is Cl.NCCCN(Cc1ccccc1)C(=O)c1ccc(NC(=O)C2CC2)cc1. The molecule has 0 spiro atoms. The quantitative estimate of drug-likeness (QED) is 0.728. The Bertz CT molecular complexity index is 746. The van der Waals surface area contributed by atoms with Crippen molar-refractivity contribution in [2.24, 2.45) is 11.7 Å². The minimum atomic E-state index is -0.0256. The topological polar surface area (TPSA) is 75.4 Å². The molecule has 0 heterocycles. The molecule has 1 aliphatic rings. The van der Waals surface area contributed by atoms with Gasteiger partial charge in [-0.3, -0.25) is 9.59 Å². The first-order chi connectivity index (χ1) is 12.7. The number of nitrogens with zero attached hydrogens (tertiary/aromatic N) is 1. The normalized spacial score (nSPS) is 12.8. The van der Waals surface area contributed by atoms with Gasteiger partial charge in [0.2, 0.25) is 5.91 Å². The van der Waals surface area contributed by atoms with E-state index in [9.17, 15) is 9.59 Å². The highest BCUT2D eigenvalue weighted by Gasteiger charge is 2.29. The van der Waals surface area contributed by atoms with Crippen LogP contribution in [0.5, 0.6) is 0 Å². The number of hydrogen-bond acceptors (Lipinski definition) is 3. The predicted molar refractivity (Wildman–Crippen MR) is 110 cm³/mol. The molecule has 0 aromatic heterocycles. The predicted octanol–water partition coefficient (Wildman–Crippen LogP) is 3.45. The van der Waals surface area contributed by atoms with Crippen LogP contribution in [0.15, 0.2) is 54.6 Å². The minimum absolute atomic E-state index is 0. The molecule has 1 saturated carbocycles. The number of halogens is 1. The van der Waals surface area contributed by atoms with Crippen LogP contribution in [0.1, 0.15) is 35.2 Å². The van der Waals surface area contributed by atoms with Crippen molar-refractivity contribution in [1.29, 1.82) is 0 Å². The van der Waals surface area contributed by atoms with E-state index in [4.69, 9.17) is 5.73 Å². The van der Waals surface area contributed by atoms with Gasteiger partial charge in [-0.2, -0.15) is 0 Å². The second-order valence-electron chi connectivity index (χ2n) is 6.70. The van der Waals surface area contributed by atoms with Crippen molar-refractivity contribution in [3.63, 3.8) is 0 Å². The number of benzene rings is 2. The third kappa shape index (κ3) is 6.08. The Labute approximate surface area is 166 Å².